The van der Waals surface area contributed by atoms with E-state index in [1.807, 2.05) is 4.90 Å². The number of nitrogens with zero attached hydrogens (tertiary/aromatic N) is 1. The van der Waals surface area contributed by atoms with Crippen molar-refractivity contribution in [2.45, 2.75) is 31.7 Å². The van der Waals surface area contributed by atoms with E-state index in [0.717, 1.165) is 25.7 Å². The molecule has 1 aliphatic heterocycles. The van der Waals surface area contributed by atoms with E-state index >= 15 is 0 Å². The van der Waals surface area contributed by atoms with Gasteiger partial charge in [-0.15, -0.1) is 0 Å². The van der Waals surface area contributed by atoms with Gasteiger partial charge >= 0.3 is 5.97 Å². The van der Waals surface area contributed by atoms with E-state index in [2.05, 4.69) is 0 Å². The summed E-state index contributed by atoms with van der Waals surface area (Å²) in [6.45, 7) is 0.742. The summed E-state index contributed by atoms with van der Waals surface area (Å²) in [4.78, 5) is 13.2. The number of hydrogen-bond donors (Lipinski definition) is 1. The highest BCUT2D eigenvalue weighted by molar-refractivity contribution is 7.91. The van der Waals surface area contributed by atoms with Crippen LogP contribution in [0.25, 0.3) is 0 Å². The summed E-state index contributed by atoms with van der Waals surface area (Å²) in [5.74, 6) is -0.392. The lowest BCUT2D eigenvalue weighted by Gasteiger charge is -2.34. The van der Waals surface area contributed by atoms with Gasteiger partial charge in [-0.25, -0.2) is 8.42 Å². The van der Waals surface area contributed by atoms with Crippen LogP contribution in [0.3, 0.4) is 0 Å². The van der Waals surface area contributed by atoms with Crippen molar-refractivity contribution in [2.24, 2.45) is 5.92 Å². The molecule has 1 saturated carbocycles. The van der Waals surface area contributed by atoms with Gasteiger partial charge in [0.05, 0.1) is 11.5 Å². The van der Waals surface area contributed by atoms with Crippen molar-refractivity contribution >= 4 is 15.8 Å². The molecule has 1 aliphatic carbocycles. The third kappa shape index (κ3) is 2.98. The normalized spacial score (nSPS) is 28.0. The molecule has 1 atom stereocenters. The molecule has 0 amide bonds. The van der Waals surface area contributed by atoms with E-state index in [-0.39, 0.29) is 17.4 Å². The maximum absolute atomic E-state index is 11.4. The Bertz CT molecular complexity index is 372. The third-order valence-electron chi connectivity index (χ3n) is 3.87. The third-order valence-corrected chi connectivity index (χ3v) is 5.48. The van der Waals surface area contributed by atoms with E-state index in [9.17, 15) is 18.3 Å². The highest BCUT2D eigenvalue weighted by atomic mass is 32.2. The topological polar surface area (TPSA) is 74.7 Å². The van der Waals surface area contributed by atoms with Crippen molar-refractivity contribution in [3.05, 3.63) is 0 Å². The number of hydrogen-bond acceptors (Lipinski definition) is 4. The van der Waals surface area contributed by atoms with Crippen molar-refractivity contribution in [3.8, 4) is 0 Å². The first-order valence-electron chi connectivity index (χ1n) is 6.17. The van der Waals surface area contributed by atoms with Crippen LogP contribution in [0.15, 0.2) is 0 Å². The number of carboxylic acids is 1. The van der Waals surface area contributed by atoms with Crippen LogP contribution in [0.1, 0.15) is 25.7 Å². The summed E-state index contributed by atoms with van der Waals surface area (Å²) in [6.07, 6.45) is 4.11. The van der Waals surface area contributed by atoms with Crippen LogP contribution in [0.2, 0.25) is 0 Å². The molecule has 1 unspecified atom stereocenters. The summed E-state index contributed by atoms with van der Waals surface area (Å²) < 4.78 is 22.7. The van der Waals surface area contributed by atoms with Crippen molar-refractivity contribution in [1.82, 2.24) is 4.90 Å². The van der Waals surface area contributed by atoms with Gasteiger partial charge in [-0.2, -0.15) is 0 Å². The van der Waals surface area contributed by atoms with Gasteiger partial charge < -0.3 is 5.11 Å². The Morgan fingerprint density at radius 1 is 1.18 bits per heavy atom. The second-order valence-electron chi connectivity index (χ2n) is 5.02. The van der Waals surface area contributed by atoms with E-state index < -0.39 is 21.8 Å². The molecule has 1 N–H and O–H groups in total. The minimum atomic E-state index is -2.93. The van der Waals surface area contributed by atoms with E-state index in [1.54, 1.807) is 0 Å². The van der Waals surface area contributed by atoms with Crippen LogP contribution in [0.5, 0.6) is 0 Å². The number of sulfone groups is 1. The maximum Gasteiger partial charge on any atom is 0.321 e. The van der Waals surface area contributed by atoms with Crippen molar-refractivity contribution < 1.29 is 18.3 Å². The molecule has 1 heterocycles. The predicted octanol–water partition coefficient (Wildman–Crippen LogP) is 0.360. The van der Waals surface area contributed by atoms with Crippen molar-refractivity contribution in [1.29, 1.82) is 0 Å². The smallest absolute Gasteiger partial charge is 0.321 e. The molecule has 2 rings (SSSR count). The molecule has 0 bridgehead atoms. The summed E-state index contributed by atoms with van der Waals surface area (Å²) >= 11 is 0. The Kier molecular flexibility index (Phi) is 3.73. The zero-order valence-corrected chi connectivity index (χ0v) is 10.7. The molecule has 2 fully saturated rings. The summed E-state index contributed by atoms with van der Waals surface area (Å²) in [5, 5.41) is 9.32. The lowest BCUT2D eigenvalue weighted by molar-refractivity contribution is -0.145. The van der Waals surface area contributed by atoms with Gasteiger partial charge in [0, 0.05) is 13.1 Å². The van der Waals surface area contributed by atoms with Gasteiger partial charge in [0.1, 0.15) is 6.04 Å². The standard InChI is InChI=1S/C11H19NO4S/c13-11(14)10(9-3-1-2-4-9)12-5-7-17(15,16)8-6-12/h9-10H,1-8H2,(H,13,14). The minimum absolute atomic E-state index is 0.101. The number of rotatable bonds is 3. The lowest BCUT2D eigenvalue weighted by atomic mass is 9.96. The molecular weight excluding hydrogens is 242 g/mol. The molecule has 0 aromatic carbocycles. The Morgan fingerprint density at radius 2 is 1.71 bits per heavy atom. The van der Waals surface area contributed by atoms with E-state index in [4.69, 9.17) is 0 Å². The number of carboxylic acid groups (broad SMARTS) is 1. The van der Waals surface area contributed by atoms with Crippen LogP contribution in [0.4, 0.5) is 0 Å². The molecule has 17 heavy (non-hydrogen) atoms. The molecule has 2 aliphatic rings. The van der Waals surface area contributed by atoms with Gasteiger partial charge in [-0.05, 0) is 18.8 Å². The summed E-state index contributed by atoms with van der Waals surface area (Å²) in [7, 11) is -2.93. The minimum Gasteiger partial charge on any atom is -0.480 e. The molecule has 5 nitrogen and oxygen atoms in total. The zero-order valence-electron chi connectivity index (χ0n) is 9.84. The Balaban J connectivity index is 2.04. The predicted molar refractivity (Wildman–Crippen MR) is 63.6 cm³/mol. The van der Waals surface area contributed by atoms with Gasteiger partial charge in [-0.3, -0.25) is 9.69 Å². The lowest BCUT2D eigenvalue weighted by Crippen LogP contribution is -2.52. The molecule has 1 saturated heterocycles. The fourth-order valence-corrected chi connectivity index (χ4v) is 4.16. The highest BCUT2D eigenvalue weighted by Gasteiger charge is 2.37. The molecule has 0 radical (unpaired) electrons. The first kappa shape index (κ1) is 12.8. The Hall–Kier alpha value is -0.620. The van der Waals surface area contributed by atoms with Gasteiger partial charge in [0.2, 0.25) is 0 Å². The number of aliphatic carboxylic acids is 1. The van der Waals surface area contributed by atoms with Gasteiger partial charge in [0.25, 0.3) is 0 Å². The monoisotopic (exact) mass is 261 g/mol. The fourth-order valence-electron chi connectivity index (χ4n) is 2.93. The first-order chi connectivity index (χ1) is 7.99. The fraction of sp³-hybridized carbons (Fsp3) is 0.909. The summed E-state index contributed by atoms with van der Waals surface area (Å²) in [6, 6.07) is -0.479. The zero-order chi connectivity index (χ0) is 12.5. The van der Waals surface area contributed by atoms with E-state index in [1.165, 1.54) is 0 Å². The largest absolute Gasteiger partial charge is 0.480 e. The molecule has 98 valence electrons. The molecule has 0 aromatic rings. The van der Waals surface area contributed by atoms with Crippen molar-refractivity contribution in [2.75, 3.05) is 24.6 Å². The highest BCUT2D eigenvalue weighted by Crippen LogP contribution is 2.31. The quantitative estimate of drug-likeness (QED) is 0.794. The Labute approximate surface area is 102 Å². The van der Waals surface area contributed by atoms with Crippen LogP contribution >= 0.6 is 0 Å². The van der Waals surface area contributed by atoms with Crippen molar-refractivity contribution in [3.63, 3.8) is 0 Å². The molecule has 0 aromatic heterocycles. The average Bonchev–Trinajstić information content (AvgIpc) is 2.74. The van der Waals surface area contributed by atoms with Gasteiger partial charge in [0.15, 0.2) is 9.84 Å². The van der Waals surface area contributed by atoms with Crippen LogP contribution in [-0.4, -0.2) is 55.0 Å². The van der Waals surface area contributed by atoms with Crippen LogP contribution in [0, 0.1) is 5.92 Å². The first-order valence-corrected chi connectivity index (χ1v) is 7.99. The maximum atomic E-state index is 11.4. The SMILES string of the molecule is O=C(O)C(C1CCCC1)N1CCS(=O)(=O)CC1. The summed E-state index contributed by atoms with van der Waals surface area (Å²) in [5.41, 5.74) is 0. The van der Waals surface area contributed by atoms with Crippen LogP contribution < -0.4 is 0 Å². The number of carbonyl (C=O) groups is 1. The second kappa shape index (κ2) is 4.94. The molecule has 0 spiro atoms. The average molecular weight is 261 g/mol. The van der Waals surface area contributed by atoms with E-state index in [0.29, 0.717) is 13.1 Å². The molecular formula is C11H19NO4S. The second-order valence-corrected chi connectivity index (χ2v) is 7.32. The van der Waals surface area contributed by atoms with Gasteiger partial charge in [-0.1, -0.05) is 12.8 Å². The Morgan fingerprint density at radius 3 is 2.18 bits per heavy atom. The van der Waals surface area contributed by atoms with Crippen LogP contribution in [-0.2, 0) is 14.6 Å². The molecule has 6 heteroatoms.